The number of nitrogens with zero attached hydrogens (tertiary/aromatic N) is 1. The third-order valence-electron chi connectivity index (χ3n) is 3.04. The van der Waals surface area contributed by atoms with Crippen LogP contribution in [0.3, 0.4) is 0 Å². The molecule has 0 aliphatic carbocycles. The Bertz CT molecular complexity index is 515. The van der Waals surface area contributed by atoms with Gasteiger partial charge in [0.15, 0.2) is 5.60 Å². The van der Waals surface area contributed by atoms with E-state index in [-0.39, 0.29) is 13.2 Å². The smallest absolute Gasteiger partial charge is 0.334 e. The van der Waals surface area contributed by atoms with E-state index in [2.05, 4.69) is 5.16 Å². The Morgan fingerprint density at radius 2 is 2.32 bits per heavy atom. The Balaban J connectivity index is 2.08. The Morgan fingerprint density at radius 1 is 1.58 bits per heavy atom. The van der Waals surface area contributed by atoms with Crippen molar-refractivity contribution in [2.24, 2.45) is 0 Å². The van der Waals surface area contributed by atoms with Gasteiger partial charge in [0.05, 0.1) is 6.61 Å². The van der Waals surface area contributed by atoms with Crippen LogP contribution >= 0.6 is 0 Å². The van der Waals surface area contributed by atoms with E-state index in [1.165, 1.54) is 0 Å². The highest BCUT2D eigenvalue weighted by atomic mass is 16.6. The van der Waals surface area contributed by atoms with Crippen molar-refractivity contribution in [2.45, 2.75) is 32.8 Å². The summed E-state index contributed by atoms with van der Waals surface area (Å²) in [6.07, 6.45) is 0.335. The lowest BCUT2D eigenvalue weighted by atomic mass is 9.97. The van der Waals surface area contributed by atoms with Gasteiger partial charge >= 0.3 is 5.97 Å². The molecule has 0 saturated carbocycles. The molecule has 1 atom stereocenters. The highest BCUT2D eigenvalue weighted by molar-refractivity contribution is 5.92. The van der Waals surface area contributed by atoms with Crippen LogP contribution in [0.2, 0.25) is 0 Å². The molecular formula is C13H17NO5. The van der Waals surface area contributed by atoms with E-state index in [0.29, 0.717) is 23.6 Å². The van der Waals surface area contributed by atoms with Crippen molar-refractivity contribution in [3.8, 4) is 5.88 Å². The lowest BCUT2D eigenvalue weighted by Gasteiger charge is -2.23. The number of hydrogen-bond donors (Lipinski definition) is 1. The highest BCUT2D eigenvalue weighted by Crippen LogP contribution is 2.33. The SMILES string of the molecule is CC(C)=C1CC(CO)(COc2cc(C)on2)OC1=O. The van der Waals surface area contributed by atoms with Gasteiger partial charge in [0, 0.05) is 18.1 Å². The summed E-state index contributed by atoms with van der Waals surface area (Å²) in [6, 6.07) is 1.63. The molecule has 0 radical (unpaired) electrons. The third kappa shape index (κ3) is 2.78. The summed E-state index contributed by atoms with van der Waals surface area (Å²) < 4.78 is 15.6. The summed E-state index contributed by atoms with van der Waals surface area (Å²) in [5, 5.41) is 13.2. The lowest BCUT2D eigenvalue weighted by molar-refractivity contribution is -0.153. The van der Waals surface area contributed by atoms with Crippen LogP contribution in [0.25, 0.3) is 0 Å². The molecule has 1 N–H and O–H groups in total. The minimum absolute atomic E-state index is 0.0397. The molecule has 0 aromatic carbocycles. The second-order valence-electron chi connectivity index (χ2n) is 4.95. The van der Waals surface area contributed by atoms with Crippen LogP contribution in [-0.4, -0.2) is 35.0 Å². The first-order valence-corrected chi connectivity index (χ1v) is 6.02. The molecule has 19 heavy (non-hydrogen) atoms. The molecule has 104 valence electrons. The zero-order chi connectivity index (χ0) is 14.0. The molecule has 1 fully saturated rings. The average molecular weight is 267 g/mol. The van der Waals surface area contributed by atoms with Gasteiger partial charge in [-0.1, -0.05) is 5.57 Å². The van der Waals surface area contributed by atoms with Crippen molar-refractivity contribution in [1.82, 2.24) is 5.16 Å². The maximum absolute atomic E-state index is 11.7. The Labute approximate surface area is 111 Å². The summed E-state index contributed by atoms with van der Waals surface area (Å²) in [5.74, 6) is 0.544. The molecule has 0 spiro atoms. The number of esters is 1. The number of ether oxygens (including phenoxy) is 2. The number of carbonyl (C=O) groups excluding carboxylic acids is 1. The molecule has 1 aliphatic rings. The molecule has 2 heterocycles. The van der Waals surface area contributed by atoms with Gasteiger partial charge in [-0.25, -0.2) is 4.79 Å². The largest absolute Gasteiger partial charge is 0.471 e. The number of cyclic esters (lactones) is 1. The molecule has 1 saturated heterocycles. The normalized spacial score (nSPS) is 22.5. The summed E-state index contributed by atoms with van der Waals surface area (Å²) >= 11 is 0. The van der Waals surface area contributed by atoms with Gasteiger partial charge in [-0.2, -0.15) is 0 Å². The van der Waals surface area contributed by atoms with E-state index >= 15 is 0 Å². The van der Waals surface area contributed by atoms with Gasteiger partial charge in [-0.3, -0.25) is 0 Å². The number of carbonyl (C=O) groups is 1. The van der Waals surface area contributed by atoms with Gasteiger partial charge < -0.3 is 19.1 Å². The fourth-order valence-electron chi connectivity index (χ4n) is 1.90. The van der Waals surface area contributed by atoms with Crippen molar-refractivity contribution in [2.75, 3.05) is 13.2 Å². The first-order chi connectivity index (χ1) is 8.96. The van der Waals surface area contributed by atoms with E-state index in [1.54, 1.807) is 13.0 Å². The van der Waals surface area contributed by atoms with Crippen LogP contribution in [0.4, 0.5) is 0 Å². The van der Waals surface area contributed by atoms with Gasteiger partial charge in [0.2, 0.25) is 0 Å². The first kappa shape index (κ1) is 13.6. The lowest BCUT2D eigenvalue weighted by Crippen LogP contribution is -2.39. The zero-order valence-electron chi connectivity index (χ0n) is 11.2. The Hall–Kier alpha value is -1.82. The first-order valence-electron chi connectivity index (χ1n) is 6.02. The number of aromatic nitrogens is 1. The van der Waals surface area contributed by atoms with Crippen LogP contribution in [0.15, 0.2) is 21.7 Å². The second-order valence-corrected chi connectivity index (χ2v) is 4.95. The predicted molar refractivity (Wildman–Crippen MR) is 65.6 cm³/mol. The van der Waals surface area contributed by atoms with Gasteiger partial charge in [-0.15, -0.1) is 0 Å². The fraction of sp³-hybridized carbons (Fsp3) is 0.538. The van der Waals surface area contributed by atoms with Crippen LogP contribution in [0.1, 0.15) is 26.0 Å². The Morgan fingerprint density at radius 3 is 2.79 bits per heavy atom. The van der Waals surface area contributed by atoms with E-state index in [9.17, 15) is 9.90 Å². The molecule has 1 unspecified atom stereocenters. The number of allylic oxidation sites excluding steroid dienone is 1. The molecule has 2 rings (SSSR count). The predicted octanol–water partition coefficient (Wildman–Crippen LogP) is 1.38. The molecule has 1 aromatic heterocycles. The van der Waals surface area contributed by atoms with E-state index in [4.69, 9.17) is 14.0 Å². The van der Waals surface area contributed by atoms with Gasteiger partial charge in [0.25, 0.3) is 5.88 Å². The third-order valence-corrected chi connectivity index (χ3v) is 3.04. The van der Waals surface area contributed by atoms with Gasteiger partial charge in [-0.05, 0) is 25.9 Å². The average Bonchev–Trinajstić information content (AvgIpc) is 2.91. The topological polar surface area (TPSA) is 81.8 Å². The highest BCUT2D eigenvalue weighted by Gasteiger charge is 2.44. The molecule has 0 bridgehead atoms. The minimum Gasteiger partial charge on any atom is -0.471 e. The van der Waals surface area contributed by atoms with Crippen LogP contribution in [0.5, 0.6) is 5.88 Å². The molecule has 1 aliphatic heterocycles. The van der Waals surface area contributed by atoms with Crippen LogP contribution in [0, 0.1) is 6.92 Å². The van der Waals surface area contributed by atoms with E-state index in [0.717, 1.165) is 5.57 Å². The fourth-order valence-corrected chi connectivity index (χ4v) is 1.90. The minimum atomic E-state index is -1.03. The van der Waals surface area contributed by atoms with Crippen LogP contribution < -0.4 is 4.74 Å². The second kappa shape index (κ2) is 5.05. The number of aliphatic hydroxyl groups excluding tert-OH is 1. The molecular weight excluding hydrogens is 250 g/mol. The summed E-state index contributed by atoms with van der Waals surface area (Å²) in [5.41, 5.74) is 0.447. The number of hydrogen-bond acceptors (Lipinski definition) is 6. The number of aryl methyl sites for hydroxylation is 1. The van der Waals surface area contributed by atoms with Crippen molar-refractivity contribution >= 4 is 5.97 Å². The maximum atomic E-state index is 11.7. The summed E-state index contributed by atoms with van der Waals surface area (Å²) in [6.45, 7) is 5.17. The Kier molecular flexibility index (Phi) is 3.61. The van der Waals surface area contributed by atoms with Gasteiger partial charge in [0.1, 0.15) is 12.4 Å². The summed E-state index contributed by atoms with van der Waals surface area (Å²) in [4.78, 5) is 11.7. The molecule has 6 nitrogen and oxygen atoms in total. The number of rotatable bonds is 4. The maximum Gasteiger partial charge on any atom is 0.334 e. The molecule has 1 aromatic rings. The van der Waals surface area contributed by atoms with Crippen LogP contribution in [-0.2, 0) is 9.53 Å². The summed E-state index contributed by atoms with van der Waals surface area (Å²) in [7, 11) is 0. The van der Waals surface area contributed by atoms with Crippen molar-refractivity contribution in [3.63, 3.8) is 0 Å². The standard InChI is InChI=1S/C13H17NO5/c1-8(2)10-5-13(6-15,18-12(10)16)7-17-11-4-9(3)19-14-11/h4,15H,5-7H2,1-3H3. The molecule has 6 heteroatoms. The monoisotopic (exact) mass is 267 g/mol. The quantitative estimate of drug-likeness (QED) is 0.655. The van der Waals surface area contributed by atoms with E-state index < -0.39 is 11.6 Å². The van der Waals surface area contributed by atoms with Crippen molar-refractivity contribution in [1.29, 1.82) is 0 Å². The van der Waals surface area contributed by atoms with E-state index in [1.807, 2.05) is 13.8 Å². The molecule has 0 amide bonds. The van der Waals surface area contributed by atoms with Crippen molar-refractivity contribution in [3.05, 3.63) is 23.0 Å². The van der Waals surface area contributed by atoms with Crippen molar-refractivity contribution < 1.29 is 23.9 Å². The number of aliphatic hydroxyl groups is 1. The zero-order valence-corrected chi connectivity index (χ0v) is 11.2.